The van der Waals surface area contributed by atoms with Gasteiger partial charge in [-0.25, -0.2) is 0 Å². The minimum absolute atomic E-state index is 0.185. The zero-order valence-corrected chi connectivity index (χ0v) is 40.5. The Hall–Kier alpha value is -8.98. The lowest BCUT2D eigenvalue weighted by Gasteiger charge is -2.35. The highest BCUT2D eigenvalue weighted by atomic mass is 15.2. The average molecular weight is 921 g/mol. The normalized spacial score (nSPS) is 13.4. The fourth-order valence-corrected chi connectivity index (χ4v) is 12.0. The molecule has 0 unspecified atom stereocenters. The van der Waals surface area contributed by atoms with E-state index in [-0.39, 0.29) is 5.41 Å². The summed E-state index contributed by atoms with van der Waals surface area (Å²) < 4.78 is 0. The van der Waals surface area contributed by atoms with E-state index in [4.69, 9.17) is 0 Å². The zero-order chi connectivity index (χ0) is 48.2. The Morgan fingerprint density at radius 2 is 0.681 bits per heavy atom. The van der Waals surface area contributed by atoms with Crippen molar-refractivity contribution in [3.05, 3.63) is 312 Å². The molecule has 0 heterocycles. The van der Waals surface area contributed by atoms with Crippen LogP contribution in [0.15, 0.2) is 279 Å². The minimum Gasteiger partial charge on any atom is -0.310 e. The number of hydrogen-bond donors (Lipinski definition) is 0. The van der Waals surface area contributed by atoms with Crippen LogP contribution in [0.4, 0.5) is 34.1 Å². The highest BCUT2D eigenvalue weighted by molar-refractivity contribution is 5.92. The SMILES string of the molecule is CC1(C)c2ccccc2-c2ccc(N(c3cccc(N(c4ccc(-c5ccccc5)cc4)c4ccccc4-c4ccccc4)c3)c3cccc(C4(c5ccccc5)c5ccccc5-c5ccccc54)c3)cc21. The number of anilines is 6. The monoisotopic (exact) mass is 920 g/mol. The summed E-state index contributed by atoms with van der Waals surface area (Å²) in [4.78, 5) is 4.91. The average Bonchev–Trinajstić information content (AvgIpc) is 3.87. The van der Waals surface area contributed by atoms with Crippen molar-refractivity contribution in [2.75, 3.05) is 9.80 Å². The van der Waals surface area contributed by atoms with Gasteiger partial charge in [0.15, 0.2) is 0 Å². The summed E-state index contributed by atoms with van der Waals surface area (Å²) in [7, 11) is 0. The summed E-state index contributed by atoms with van der Waals surface area (Å²) in [5, 5.41) is 0. The second-order valence-electron chi connectivity index (χ2n) is 19.6. The van der Waals surface area contributed by atoms with Crippen molar-refractivity contribution in [1.29, 1.82) is 0 Å². The van der Waals surface area contributed by atoms with Gasteiger partial charge in [0.1, 0.15) is 0 Å². The summed E-state index contributed by atoms with van der Waals surface area (Å²) in [6.45, 7) is 4.74. The Kier molecular flexibility index (Phi) is 10.4. The topological polar surface area (TPSA) is 6.48 Å². The summed E-state index contributed by atoms with van der Waals surface area (Å²) in [6, 6.07) is 103. The first-order chi connectivity index (χ1) is 35.5. The number of para-hydroxylation sites is 1. The molecule has 13 rings (SSSR count). The van der Waals surface area contributed by atoms with Crippen LogP contribution >= 0.6 is 0 Å². The van der Waals surface area contributed by atoms with Gasteiger partial charge >= 0.3 is 0 Å². The van der Waals surface area contributed by atoms with E-state index < -0.39 is 5.41 Å². The molecule has 2 aliphatic rings. The van der Waals surface area contributed by atoms with Gasteiger partial charge in [-0.1, -0.05) is 232 Å². The maximum absolute atomic E-state index is 2.48. The maximum Gasteiger partial charge on any atom is 0.0714 e. The smallest absolute Gasteiger partial charge is 0.0714 e. The van der Waals surface area contributed by atoms with Crippen LogP contribution in [0.3, 0.4) is 0 Å². The lowest BCUT2D eigenvalue weighted by atomic mass is 9.67. The van der Waals surface area contributed by atoms with Gasteiger partial charge < -0.3 is 9.80 Å². The van der Waals surface area contributed by atoms with E-state index in [9.17, 15) is 0 Å². The highest BCUT2D eigenvalue weighted by Crippen LogP contribution is 2.57. The molecule has 0 atom stereocenters. The first-order valence-corrected chi connectivity index (χ1v) is 25.1. The van der Waals surface area contributed by atoms with Crippen LogP contribution in [-0.2, 0) is 10.8 Å². The van der Waals surface area contributed by atoms with Crippen LogP contribution in [0.5, 0.6) is 0 Å². The number of fused-ring (bicyclic) bond motifs is 6. The van der Waals surface area contributed by atoms with E-state index in [1.54, 1.807) is 0 Å². The van der Waals surface area contributed by atoms with Gasteiger partial charge in [0.2, 0.25) is 0 Å². The Bertz CT molecular complexity index is 3730. The molecule has 2 nitrogen and oxygen atoms in total. The van der Waals surface area contributed by atoms with Crippen LogP contribution in [-0.4, -0.2) is 0 Å². The van der Waals surface area contributed by atoms with E-state index in [2.05, 4.69) is 303 Å². The lowest BCUT2D eigenvalue weighted by Crippen LogP contribution is -2.28. The van der Waals surface area contributed by atoms with E-state index in [0.29, 0.717) is 0 Å². The molecule has 0 spiro atoms. The van der Waals surface area contributed by atoms with E-state index in [1.165, 1.54) is 66.8 Å². The largest absolute Gasteiger partial charge is 0.310 e. The zero-order valence-electron chi connectivity index (χ0n) is 40.5. The Morgan fingerprint density at radius 1 is 0.250 bits per heavy atom. The Morgan fingerprint density at radius 3 is 1.33 bits per heavy atom. The van der Waals surface area contributed by atoms with Gasteiger partial charge in [-0.05, 0) is 133 Å². The van der Waals surface area contributed by atoms with Crippen molar-refractivity contribution in [2.24, 2.45) is 0 Å². The third-order valence-electron chi connectivity index (χ3n) is 15.3. The van der Waals surface area contributed by atoms with Crippen molar-refractivity contribution in [3.8, 4) is 44.5 Å². The predicted molar refractivity (Wildman–Crippen MR) is 302 cm³/mol. The molecule has 0 radical (unpaired) electrons. The molecule has 11 aromatic rings. The van der Waals surface area contributed by atoms with Gasteiger partial charge in [-0.3, -0.25) is 0 Å². The maximum atomic E-state index is 2.48. The standard InChI is InChI=1S/C70H52N2/c1-69(2)64-36-16-12-33-60(64)63-45-44-58(48-67(63)69)71(55-29-20-28-53(46-55)70(52-26-10-5-11-27-52)65-37-17-13-34-61(65)62-35-14-18-38-66(62)70)56-30-21-31-57(47-56)72(54-42-40-50(41-43-54)49-22-6-3-7-23-49)68-39-19-15-32-59(68)51-24-8-4-9-25-51/h3-48H,1-2H3. The van der Waals surface area contributed by atoms with Crippen molar-refractivity contribution in [1.82, 2.24) is 0 Å². The minimum atomic E-state index is -0.552. The van der Waals surface area contributed by atoms with Crippen molar-refractivity contribution >= 4 is 34.1 Å². The van der Waals surface area contributed by atoms with Gasteiger partial charge in [0.05, 0.1) is 11.1 Å². The van der Waals surface area contributed by atoms with Crippen LogP contribution in [0.1, 0.15) is 47.2 Å². The first-order valence-electron chi connectivity index (χ1n) is 25.1. The Balaban J connectivity index is 1.03. The summed E-state index contributed by atoms with van der Waals surface area (Å²) >= 11 is 0. The quantitative estimate of drug-likeness (QED) is 0.135. The molecule has 0 aromatic heterocycles. The first kappa shape index (κ1) is 43.1. The predicted octanol–water partition coefficient (Wildman–Crippen LogP) is 18.6. The second-order valence-corrected chi connectivity index (χ2v) is 19.6. The molecule has 0 fully saturated rings. The molecule has 0 N–H and O–H groups in total. The Labute approximate surface area is 423 Å². The van der Waals surface area contributed by atoms with Crippen molar-refractivity contribution in [2.45, 2.75) is 24.7 Å². The molecule has 2 aliphatic carbocycles. The molecule has 0 amide bonds. The van der Waals surface area contributed by atoms with E-state index in [1.807, 2.05) is 0 Å². The molecule has 342 valence electrons. The molecule has 0 saturated heterocycles. The third kappa shape index (κ3) is 6.94. The van der Waals surface area contributed by atoms with Gasteiger partial charge in [-0.15, -0.1) is 0 Å². The molecule has 0 saturated carbocycles. The molecule has 11 aromatic carbocycles. The van der Waals surface area contributed by atoms with E-state index in [0.717, 1.165) is 45.3 Å². The summed E-state index contributed by atoms with van der Waals surface area (Å²) in [5.74, 6) is 0. The molecular weight excluding hydrogens is 869 g/mol. The molecule has 72 heavy (non-hydrogen) atoms. The molecule has 0 aliphatic heterocycles. The fourth-order valence-electron chi connectivity index (χ4n) is 12.0. The number of rotatable bonds is 10. The molecular formula is C70H52N2. The van der Waals surface area contributed by atoms with Crippen LogP contribution < -0.4 is 9.80 Å². The van der Waals surface area contributed by atoms with Gasteiger partial charge in [0, 0.05) is 39.4 Å². The third-order valence-corrected chi connectivity index (χ3v) is 15.3. The van der Waals surface area contributed by atoms with Crippen molar-refractivity contribution in [3.63, 3.8) is 0 Å². The van der Waals surface area contributed by atoms with Crippen LogP contribution in [0.25, 0.3) is 44.5 Å². The molecule has 0 bridgehead atoms. The number of benzene rings is 11. The van der Waals surface area contributed by atoms with Gasteiger partial charge in [0.25, 0.3) is 0 Å². The highest BCUT2D eigenvalue weighted by Gasteiger charge is 2.46. The van der Waals surface area contributed by atoms with Gasteiger partial charge in [-0.2, -0.15) is 0 Å². The van der Waals surface area contributed by atoms with Crippen LogP contribution in [0, 0.1) is 0 Å². The van der Waals surface area contributed by atoms with E-state index >= 15 is 0 Å². The second kappa shape index (κ2) is 17.5. The fraction of sp³-hybridized carbons (Fsp3) is 0.0571. The van der Waals surface area contributed by atoms with Crippen LogP contribution in [0.2, 0.25) is 0 Å². The van der Waals surface area contributed by atoms with Crippen molar-refractivity contribution < 1.29 is 0 Å². The lowest BCUT2D eigenvalue weighted by molar-refractivity contribution is 0.660. The number of nitrogens with zero attached hydrogens (tertiary/aromatic N) is 2. The summed E-state index contributed by atoms with van der Waals surface area (Å²) in [6.07, 6.45) is 0. The number of hydrogen-bond acceptors (Lipinski definition) is 2. The molecule has 2 heteroatoms. The summed E-state index contributed by atoms with van der Waals surface area (Å²) in [5.41, 5.74) is 23.3.